The molecule has 0 rings (SSSR count). The van der Waals surface area contributed by atoms with Gasteiger partial charge in [0.2, 0.25) is 0 Å². The lowest BCUT2D eigenvalue weighted by molar-refractivity contribution is -0.150. The second-order valence-corrected chi connectivity index (χ2v) is 7.78. The normalized spacial score (nSPS) is 12.5. The summed E-state index contributed by atoms with van der Waals surface area (Å²) in [7, 11) is 4.03. The highest BCUT2D eigenvalue weighted by atomic mass is 16.5. The van der Waals surface area contributed by atoms with Crippen LogP contribution in [0.25, 0.3) is 0 Å². The second-order valence-electron chi connectivity index (χ2n) is 7.78. The largest absolute Gasteiger partial charge is 0.461 e. The van der Waals surface area contributed by atoms with E-state index in [-0.39, 0.29) is 12.1 Å². The number of hydrogen-bond acceptors (Lipinski definition) is 3. The Labute approximate surface area is 157 Å². The number of nitrogens with zero attached hydrogens (tertiary/aromatic N) is 1. The summed E-state index contributed by atoms with van der Waals surface area (Å²) >= 11 is 0. The molecule has 0 bridgehead atoms. The Morgan fingerprint density at radius 1 is 0.760 bits per heavy atom. The molecule has 25 heavy (non-hydrogen) atoms. The summed E-state index contributed by atoms with van der Waals surface area (Å²) in [4.78, 5) is 13.9. The molecular formula is C22H45NO2. The molecule has 0 fully saturated rings. The summed E-state index contributed by atoms with van der Waals surface area (Å²) in [6.07, 6.45) is 18.8. The van der Waals surface area contributed by atoms with Crippen molar-refractivity contribution in [1.82, 2.24) is 4.90 Å². The maximum absolute atomic E-state index is 11.9. The summed E-state index contributed by atoms with van der Waals surface area (Å²) in [6, 6.07) is 0. The van der Waals surface area contributed by atoms with Crippen molar-refractivity contribution >= 4 is 5.97 Å². The third-order valence-corrected chi connectivity index (χ3v) is 4.81. The minimum atomic E-state index is -0.0169. The minimum Gasteiger partial charge on any atom is -0.461 e. The summed E-state index contributed by atoms with van der Waals surface area (Å²) in [6.45, 7) is 5.17. The van der Waals surface area contributed by atoms with Gasteiger partial charge >= 0.3 is 5.97 Å². The van der Waals surface area contributed by atoms with E-state index in [1.54, 1.807) is 0 Å². The number of esters is 1. The number of unbranched alkanes of at least 4 members (excludes halogenated alkanes) is 12. The predicted octanol–water partition coefficient (Wildman–Crippen LogP) is 6.35. The first kappa shape index (κ1) is 24.4. The van der Waals surface area contributed by atoms with Crippen LogP contribution < -0.4 is 0 Å². The van der Waals surface area contributed by atoms with Crippen molar-refractivity contribution in [3.05, 3.63) is 0 Å². The molecule has 3 heteroatoms. The number of hydrogen-bond donors (Lipinski definition) is 0. The molecular weight excluding hydrogens is 310 g/mol. The molecule has 0 heterocycles. The molecule has 1 unspecified atom stereocenters. The molecule has 3 nitrogen and oxygen atoms in total. The van der Waals surface area contributed by atoms with Gasteiger partial charge in [-0.05, 0) is 26.9 Å². The molecule has 0 saturated carbocycles. The zero-order chi connectivity index (χ0) is 18.8. The van der Waals surface area contributed by atoms with Gasteiger partial charge in [-0.25, -0.2) is 0 Å². The van der Waals surface area contributed by atoms with Gasteiger partial charge < -0.3 is 9.64 Å². The van der Waals surface area contributed by atoms with E-state index in [0.717, 1.165) is 25.8 Å². The van der Waals surface area contributed by atoms with Crippen molar-refractivity contribution in [3.8, 4) is 0 Å². The molecule has 0 aromatic rings. The van der Waals surface area contributed by atoms with Crippen molar-refractivity contribution in [2.75, 3.05) is 20.6 Å². The Morgan fingerprint density at radius 2 is 1.20 bits per heavy atom. The number of carbonyl (C=O) groups is 1. The fraction of sp³-hybridized carbons (Fsp3) is 0.955. The van der Waals surface area contributed by atoms with E-state index < -0.39 is 0 Å². The lowest BCUT2D eigenvalue weighted by atomic mass is 10.0. The summed E-state index contributed by atoms with van der Waals surface area (Å²) < 4.78 is 5.54. The third-order valence-electron chi connectivity index (χ3n) is 4.81. The molecule has 0 amide bonds. The van der Waals surface area contributed by atoms with Crippen LogP contribution in [0.15, 0.2) is 0 Å². The van der Waals surface area contributed by atoms with Crippen LogP contribution in [0.5, 0.6) is 0 Å². The first-order chi connectivity index (χ1) is 12.1. The van der Waals surface area contributed by atoms with Crippen LogP contribution in [-0.2, 0) is 9.53 Å². The summed E-state index contributed by atoms with van der Waals surface area (Å²) in [5.41, 5.74) is 0. The SMILES string of the molecule is CCCCCCCCCCCCCCCC(=O)OC(CC)CN(C)C. The van der Waals surface area contributed by atoms with Gasteiger partial charge in [0.1, 0.15) is 6.10 Å². The average Bonchev–Trinajstić information content (AvgIpc) is 2.58. The molecule has 0 spiro atoms. The van der Waals surface area contributed by atoms with Gasteiger partial charge in [-0.15, -0.1) is 0 Å². The van der Waals surface area contributed by atoms with Gasteiger partial charge in [-0.3, -0.25) is 4.79 Å². The standard InChI is InChI=1S/C22H45NO2/c1-5-7-8-9-10-11-12-13-14-15-16-17-18-19-22(24)25-21(6-2)20-23(3)4/h21H,5-20H2,1-4H3. The average molecular weight is 356 g/mol. The van der Waals surface area contributed by atoms with E-state index in [1.165, 1.54) is 70.6 Å². The van der Waals surface area contributed by atoms with E-state index >= 15 is 0 Å². The number of ether oxygens (including phenoxy) is 1. The zero-order valence-corrected chi connectivity index (χ0v) is 17.7. The van der Waals surface area contributed by atoms with Gasteiger partial charge in [0.25, 0.3) is 0 Å². The molecule has 0 aromatic carbocycles. The summed E-state index contributed by atoms with van der Waals surface area (Å²) in [5.74, 6) is -0.0169. The molecule has 0 aliphatic carbocycles. The Hall–Kier alpha value is -0.570. The molecule has 0 aromatic heterocycles. The first-order valence-corrected chi connectivity index (χ1v) is 10.9. The summed E-state index contributed by atoms with van der Waals surface area (Å²) in [5, 5.41) is 0. The Kier molecular flexibility index (Phi) is 17.8. The highest BCUT2D eigenvalue weighted by Crippen LogP contribution is 2.13. The molecule has 0 saturated heterocycles. The molecule has 1 atom stereocenters. The van der Waals surface area contributed by atoms with Crippen LogP contribution in [0.1, 0.15) is 110 Å². The maximum Gasteiger partial charge on any atom is 0.306 e. The van der Waals surface area contributed by atoms with Crippen LogP contribution in [0.3, 0.4) is 0 Å². The van der Waals surface area contributed by atoms with Crippen molar-refractivity contribution < 1.29 is 9.53 Å². The fourth-order valence-electron chi connectivity index (χ4n) is 3.19. The Bertz CT molecular complexity index is 292. The van der Waals surface area contributed by atoms with E-state index in [9.17, 15) is 4.79 Å². The van der Waals surface area contributed by atoms with Crippen molar-refractivity contribution in [1.29, 1.82) is 0 Å². The molecule has 0 aliphatic heterocycles. The van der Waals surface area contributed by atoms with Gasteiger partial charge in [-0.1, -0.05) is 90.9 Å². The van der Waals surface area contributed by atoms with E-state index in [0.29, 0.717) is 6.42 Å². The monoisotopic (exact) mass is 355 g/mol. The number of likely N-dealkylation sites (N-methyl/N-ethyl adjacent to an activating group) is 1. The van der Waals surface area contributed by atoms with Crippen LogP contribution >= 0.6 is 0 Å². The van der Waals surface area contributed by atoms with Crippen molar-refractivity contribution in [3.63, 3.8) is 0 Å². The van der Waals surface area contributed by atoms with Crippen LogP contribution in [-0.4, -0.2) is 37.6 Å². The third kappa shape index (κ3) is 18.0. The van der Waals surface area contributed by atoms with Crippen LogP contribution in [0.4, 0.5) is 0 Å². The number of rotatable bonds is 18. The van der Waals surface area contributed by atoms with Gasteiger partial charge in [-0.2, -0.15) is 0 Å². The molecule has 0 aliphatic rings. The van der Waals surface area contributed by atoms with E-state index in [4.69, 9.17) is 4.74 Å². The lowest BCUT2D eigenvalue weighted by Gasteiger charge is -2.20. The molecule has 0 N–H and O–H groups in total. The quantitative estimate of drug-likeness (QED) is 0.212. The molecule has 0 radical (unpaired) electrons. The maximum atomic E-state index is 11.9. The number of carbonyl (C=O) groups excluding carboxylic acids is 1. The van der Waals surface area contributed by atoms with Crippen LogP contribution in [0, 0.1) is 0 Å². The fourth-order valence-corrected chi connectivity index (χ4v) is 3.19. The minimum absolute atomic E-state index is 0.0169. The molecule has 150 valence electrons. The van der Waals surface area contributed by atoms with Gasteiger partial charge in [0, 0.05) is 13.0 Å². The van der Waals surface area contributed by atoms with Gasteiger partial charge in [0.05, 0.1) is 0 Å². The second kappa shape index (κ2) is 18.2. The highest BCUT2D eigenvalue weighted by Gasteiger charge is 2.12. The van der Waals surface area contributed by atoms with Crippen molar-refractivity contribution in [2.45, 2.75) is 116 Å². The smallest absolute Gasteiger partial charge is 0.306 e. The zero-order valence-electron chi connectivity index (χ0n) is 17.7. The Morgan fingerprint density at radius 3 is 1.60 bits per heavy atom. The first-order valence-electron chi connectivity index (χ1n) is 10.9. The lowest BCUT2D eigenvalue weighted by Crippen LogP contribution is -2.29. The highest BCUT2D eigenvalue weighted by molar-refractivity contribution is 5.69. The Balaban J connectivity index is 3.33. The van der Waals surface area contributed by atoms with E-state index in [1.807, 2.05) is 14.1 Å². The van der Waals surface area contributed by atoms with E-state index in [2.05, 4.69) is 18.7 Å². The van der Waals surface area contributed by atoms with Gasteiger partial charge in [0.15, 0.2) is 0 Å². The topological polar surface area (TPSA) is 29.5 Å². The predicted molar refractivity (Wildman–Crippen MR) is 109 cm³/mol. The van der Waals surface area contributed by atoms with Crippen molar-refractivity contribution in [2.24, 2.45) is 0 Å². The van der Waals surface area contributed by atoms with Crippen LogP contribution in [0.2, 0.25) is 0 Å².